The molecule has 2 aliphatic rings. The summed E-state index contributed by atoms with van der Waals surface area (Å²) in [5.41, 5.74) is -0.0844. The molecule has 0 aliphatic carbocycles. The summed E-state index contributed by atoms with van der Waals surface area (Å²) in [6.07, 6.45) is 1.75. The number of likely N-dealkylation sites (tertiary alicyclic amines) is 2. The van der Waals surface area contributed by atoms with Crippen LogP contribution in [0, 0.1) is 11.8 Å². The van der Waals surface area contributed by atoms with Crippen molar-refractivity contribution in [3.63, 3.8) is 0 Å². The first-order valence-corrected chi connectivity index (χ1v) is 8.19. The van der Waals surface area contributed by atoms with Crippen LogP contribution >= 0.6 is 0 Å². The Morgan fingerprint density at radius 3 is 2.24 bits per heavy atom. The van der Waals surface area contributed by atoms with E-state index in [1.54, 1.807) is 28.9 Å². The molecule has 0 bridgehead atoms. The first kappa shape index (κ1) is 15.6. The van der Waals surface area contributed by atoms with Crippen LogP contribution in [0.4, 0.5) is 0 Å². The predicted octanol–water partition coefficient (Wildman–Crippen LogP) is 0.217. The molecule has 2 fully saturated rings. The zero-order valence-corrected chi connectivity index (χ0v) is 13.8. The number of hydrogen-bond acceptors (Lipinski definition) is 5. The van der Waals surface area contributed by atoms with Gasteiger partial charge in [-0.1, -0.05) is 6.07 Å². The summed E-state index contributed by atoms with van der Waals surface area (Å²) in [7, 11) is 1.78. The highest BCUT2D eigenvalue weighted by Gasteiger charge is 2.43. The maximum absolute atomic E-state index is 12.5. The molecule has 2 amide bonds. The second kappa shape index (κ2) is 5.87. The average Bonchev–Trinajstić information content (AvgIpc) is 3.27. The van der Waals surface area contributed by atoms with E-state index in [1.165, 1.54) is 18.2 Å². The minimum Gasteiger partial charge on any atom is -0.417 e. The zero-order chi connectivity index (χ0) is 17.6. The highest BCUT2D eigenvalue weighted by Crippen LogP contribution is 2.32. The lowest BCUT2D eigenvalue weighted by Crippen LogP contribution is -2.36. The van der Waals surface area contributed by atoms with Crippen LogP contribution < -0.4 is 5.63 Å². The van der Waals surface area contributed by atoms with E-state index in [2.05, 4.69) is 5.10 Å². The second-order valence-corrected chi connectivity index (χ2v) is 6.63. The Morgan fingerprint density at radius 2 is 1.68 bits per heavy atom. The number of carbonyl (C=O) groups is 2. The van der Waals surface area contributed by atoms with Gasteiger partial charge in [-0.05, 0) is 12.1 Å². The van der Waals surface area contributed by atoms with Crippen molar-refractivity contribution in [2.75, 3.05) is 26.2 Å². The largest absolute Gasteiger partial charge is 0.417 e. The van der Waals surface area contributed by atoms with Gasteiger partial charge < -0.3 is 14.2 Å². The van der Waals surface area contributed by atoms with Crippen molar-refractivity contribution in [3.05, 3.63) is 52.3 Å². The van der Waals surface area contributed by atoms with E-state index < -0.39 is 5.63 Å². The number of aromatic nitrogens is 2. The van der Waals surface area contributed by atoms with Crippen LogP contribution in [0.15, 0.2) is 39.7 Å². The first-order valence-electron chi connectivity index (χ1n) is 8.19. The molecule has 2 aromatic heterocycles. The molecule has 0 spiro atoms. The van der Waals surface area contributed by atoms with Gasteiger partial charge in [0.25, 0.3) is 11.8 Å². The van der Waals surface area contributed by atoms with E-state index in [9.17, 15) is 14.4 Å². The highest BCUT2D eigenvalue weighted by molar-refractivity contribution is 5.93. The Morgan fingerprint density at radius 1 is 1.04 bits per heavy atom. The van der Waals surface area contributed by atoms with Crippen molar-refractivity contribution in [2.45, 2.75) is 0 Å². The van der Waals surface area contributed by atoms with Gasteiger partial charge in [-0.3, -0.25) is 14.3 Å². The van der Waals surface area contributed by atoms with Crippen LogP contribution in [-0.4, -0.2) is 57.6 Å². The minimum atomic E-state index is -0.530. The van der Waals surface area contributed by atoms with Crippen molar-refractivity contribution < 1.29 is 14.0 Å². The van der Waals surface area contributed by atoms with E-state index >= 15 is 0 Å². The van der Waals surface area contributed by atoms with Crippen molar-refractivity contribution in [1.82, 2.24) is 19.6 Å². The van der Waals surface area contributed by atoms with Crippen LogP contribution in [0.2, 0.25) is 0 Å². The third kappa shape index (κ3) is 2.84. The third-order valence-electron chi connectivity index (χ3n) is 4.89. The van der Waals surface area contributed by atoms with Gasteiger partial charge in [0.1, 0.15) is 5.69 Å². The highest BCUT2D eigenvalue weighted by atomic mass is 16.4. The van der Waals surface area contributed by atoms with Gasteiger partial charge in [0.2, 0.25) is 0 Å². The molecule has 0 N–H and O–H groups in total. The fourth-order valence-corrected chi connectivity index (χ4v) is 3.68. The molecule has 8 heteroatoms. The maximum atomic E-state index is 12.5. The summed E-state index contributed by atoms with van der Waals surface area (Å²) in [5, 5.41) is 4.16. The van der Waals surface area contributed by atoms with E-state index in [-0.39, 0.29) is 29.4 Å². The van der Waals surface area contributed by atoms with Crippen molar-refractivity contribution in [2.24, 2.45) is 18.9 Å². The molecule has 0 saturated carbocycles. The Hall–Kier alpha value is -2.90. The number of fused-ring (bicyclic) bond motifs is 1. The van der Waals surface area contributed by atoms with Gasteiger partial charge in [0.05, 0.1) is 0 Å². The fraction of sp³-hybridized carbons (Fsp3) is 0.412. The zero-order valence-electron chi connectivity index (χ0n) is 13.8. The normalized spacial score (nSPS) is 22.3. The molecule has 8 nitrogen and oxygen atoms in total. The lowest BCUT2D eigenvalue weighted by atomic mass is 10.0. The van der Waals surface area contributed by atoms with Crippen LogP contribution in [0.1, 0.15) is 21.0 Å². The Balaban J connectivity index is 1.41. The SMILES string of the molecule is Cn1ccc(C(=O)N2C[C@@H]3CN(C(=O)c4cccc(=O)o4)C[C@@H]3C2)n1. The standard InChI is InChI=1S/C17H18N4O4/c1-19-6-5-13(18-19)16(23)20-7-11-9-21(10-12(11)8-20)17(24)14-3-2-4-15(22)25-14/h2-6,11-12H,7-10H2,1H3/t11-,12+. The minimum absolute atomic E-state index is 0.0638. The molecule has 2 saturated heterocycles. The van der Waals surface area contributed by atoms with Crippen LogP contribution in [-0.2, 0) is 7.05 Å². The van der Waals surface area contributed by atoms with Crippen molar-refractivity contribution >= 4 is 11.8 Å². The Kier molecular flexibility index (Phi) is 3.67. The second-order valence-electron chi connectivity index (χ2n) is 6.63. The molecule has 2 atom stereocenters. The summed E-state index contributed by atoms with van der Waals surface area (Å²) >= 11 is 0. The molecule has 4 heterocycles. The fourth-order valence-electron chi connectivity index (χ4n) is 3.68. The molecule has 2 aliphatic heterocycles. The number of nitrogens with zero attached hydrogens (tertiary/aromatic N) is 4. The molecule has 2 aromatic rings. The number of hydrogen-bond donors (Lipinski definition) is 0. The van der Waals surface area contributed by atoms with Gasteiger partial charge in [-0.2, -0.15) is 5.10 Å². The van der Waals surface area contributed by atoms with Gasteiger partial charge in [0, 0.05) is 57.3 Å². The topological polar surface area (TPSA) is 88.7 Å². The molecular weight excluding hydrogens is 324 g/mol. The van der Waals surface area contributed by atoms with E-state index in [1.807, 2.05) is 4.90 Å². The molecule has 25 heavy (non-hydrogen) atoms. The van der Waals surface area contributed by atoms with Gasteiger partial charge in [-0.25, -0.2) is 4.79 Å². The van der Waals surface area contributed by atoms with Gasteiger partial charge in [0.15, 0.2) is 5.76 Å². The van der Waals surface area contributed by atoms with Gasteiger partial charge in [-0.15, -0.1) is 0 Å². The Bertz CT molecular complexity index is 873. The van der Waals surface area contributed by atoms with E-state index in [0.29, 0.717) is 31.9 Å². The Labute approximate surface area is 143 Å². The number of carbonyl (C=O) groups excluding carboxylic acids is 2. The summed E-state index contributed by atoms with van der Waals surface area (Å²) < 4.78 is 6.58. The first-order chi connectivity index (χ1) is 12.0. The molecule has 0 aromatic carbocycles. The van der Waals surface area contributed by atoms with Crippen molar-refractivity contribution in [1.29, 1.82) is 0 Å². The molecule has 0 radical (unpaired) electrons. The monoisotopic (exact) mass is 342 g/mol. The van der Waals surface area contributed by atoms with Crippen LogP contribution in [0.5, 0.6) is 0 Å². The van der Waals surface area contributed by atoms with Crippen molar-refractivity contribution in [3.8, 4) is 0 Å². The molecule has 130 valence electrons. The number of amides is 2. The number of rotatable bonds is 2. The predicted molar refractivity (Wildman–Crippen MR) is 87.0 cm³/mol. The quantitative estimate of drug-likeness (QED) is 0.779. The lowest BCUT2D eigenvalue weighted by molar-refractivity contribution is 0.0713. The number of aryl methyl sites for hydroxylation is 1. The van der Waals surface area contributed by atoms with Gasteiger partial charge >= 0.3 is 5.63 Å². The molecular formula is C17H18N4O4. The smallest absolute Gasteiger partial charge is 0.336 e. The summed E-state index contributed by atoms with van der Waals surface area (Å²) in [5.74, 6) is 0.213. The molecule has 4 rings (SSSR count). The lowest BCUT2D eigenvalue weighted by Gasteiger charge is -2.20. The van der Waals surface area contributed by atoms with E-state index in [0.717, 1.165) is 0 Å². The van der Waals surface area contributed by atoms with E-state index in [4.69, 9.17) is 4.42 Å². The summed E-state index contributed by atoms with van der Waals surface area (Å²) in [6, 6.07) is 6.01. The average molecular weight is 342 g/mol. The molecule has 0 unspecified atom stereocenters. The van der Waals surface area contributed by atoms with Crippen LogP contribution in [0.3, 0.4) is 0 Å². The third-order valence-corrected chi connectivity index (χ3v) is 4.89. The summed E-state index contributed by atoms with van der Waals surface area (Å²) in [4.78, 5) is 39.7. The van der Waals surface area contributed by atoms with Crippen LogP contribution in [0.25, 0.3) is 0 Å². The summed E-state index contributed by atoms with van der Waals surface area (Å²) in [6.45, 7) is 2.35. The maximum Gasteiger partial charge on any atom is 0.336 e.